The van der Waals surface area contributed by atoms with Crippen molar-refractivity contribution in [2.75, 3.05) is 36.3 Å². The maximum Gasteiger partial charge on any atom is 0.422 e. The van der Waals surface area contributed by atoms with Crippen molar-refractivity contribution in [3.8, 4) is 5.88 Å². The van der Waals surface area contributed by atoms with Crippen LogP contribution in [0.3, 0.4) is 0 Å². The summed E-state index contributed by atoms with van der Waals surface area (Å²) in [7, 11) is 3.38. The number of carbonyl (C=O) groups is 1. The average Bonchev–Trinajstić information content (AvgIpc) is 2.71. The molecule has 0 saturated carbocycles. The number of likely N-dealkylation sites (N-methyl/N-ethyl adjacent to an activating group) is 1. The molecule has 0 fully saturated rings. The molecule has 0 saturated heterocycles. The Labute approximate surface area is 177 Å². The number of nitrogens with zero attached hydrogens (tertiary/aromatic N) is 3. The number of anilines is 3. The van der Waals surface area contributed by atoms with Gasteiger partial charge in [-0.15, -0.1) is 0 Å². The van der Waals surface area contributed by atoms with Gasteiger partial charge in [0, 0.05) is 39.0 Å². The quantitative estimate of drug-likeness (QED) is 0.685. The maximum absolute atomic E-state index is 12.5. The van der Waals surface area contributed by atoms with Crippen LogP contribution in [0.4, 0.5) is 30.4 Å². The van der Waals surface area contributed by atoms with Crippen LogP contribution in [0.5, 0.6) is 5.88 Å². The summed E-state index contributed by atoms with van der Waals surface area (Å²) in [5, 5.41) is 6.07. The Balaban J connectivity index is 1.70. The number of pyridine rings is 2. The first-order valence-corrected chi connectivity index (χ1v) is 9.55. The first-order valence-electron chi connectivity index (χ1n) is 9.55. The third-order valence-corrected chi connectivity index (χ3v) is 4.96. The van der Waals surface area contributed by atoms with Crippen molar-refractivity contribution in [3.05, 3.63) is 35.7 Å². The van der Waals surface area contributed by atoms with Crippen molar-refractivity contribution in [2.24, 2.45) is 0 Å². The van der Waals surface area contributed by atoms with Crippen LogP contribution in [0.15, 0.2) is 24.4 Å². The molecule has 1 unspecified atom stereocenters. The Morgan fingerprint density at radius 3 is 2.71 bits per heavy atom. The van der Waals surface area contributed by atoms with Gasteiger partial charge in [0.25, 0.3) is 0 Å². The number of rotatable bonds is 7. The van der Waals surface area contributed by atoms with E-state index in [0.29, 0.717) is 23.7 Å². The highest BCUT2D eigenvalue weighted by Gasteiger charge is 2.36. The number of alkyl halides is 3. The molecule has 8 nitrogen and oxygen atoms in total. The zero-order valence-electron chi connectivity index (χ0n) is 17.6. The number of carbonyl (C=O) groups excluding carboxylic acids is 1. The Hall–Kier alpha value is -3.08. The normalized spacial score (nSPS) is 17.1. The van der Waals surface area contributed by atoms with Crippen LogP contribution in [0.2, 0.25) is 0 Å². The molecule has 1 aliphatic heterocycles. The number of amides is 1. The van der Waals surface area contributed by atoms with Gasteiger partial charge in [0.1, 0.15) is 11.9 Å². The summed E-state index contributed by atoms with van der Waals surface area (Å²) < 4.78 is 46.6. The number of hydrogen-bond donors (Lipinski definition) is 2. The summed E-state index contributed by atoms with van der Waals surface area (Å²) in [5.74, 6) is 0.328. The third-order valence-electron chi connectivity index (χ3n) is 4.96. The number of aromatic nitrogens is 2. The lowest BCUT2D eigenvalue weighted by Gasteiger charge is -2.38. The molecule has 2 N–H and O–H groups in total. The van der Waals surface area contributed by atoms with E-state index >= 15 is 0 Å². The number of fused-ring (bicyclic) bond motifs is 1. The van der Waals surface area contributed by atoms with Gasteiger partial charge >= 0.3 is 6.18 Å². The predicted octanol–water partition coefficient (Wildman–Crippen LogP) is 3.13. The fourth-order valence-electron chi connectivity index (χ4n) is 3.31. The molecule has 0 spiro atoms. The van der Waals surface area contributed by atoms with Crippen molar-refractivity contribution in [1.82, 2.24) is 9.97 Å². The van der Waals surface area contributed by atoms with Crippen molar-refractivity contribution >= 4 is 23.1 Å². The molecular weight excluding hydrogens is 415 g/mol. The minimum Gasteiger partial charge on any atom is -0.468 e. The van der Waals surface area contributed by atoms with E-state index in [1.54, 1.807) is 20.1 Å². The van der Waals surface area contributed by atoms with Crippen LogP contribution in [-0.4, -0.2) is 55.0 Å². The lowest BCUT2D eigenvalue weighted by atomic mass is 10.0. The van der Waals surface area contributed by atoms with E-state index in [2.05, 4.69) is 25.3 Å². The molecule has 11 heteroatoms. The predicted molar refractivity (Wildman–Crippen MR) is 109 cm³/mol. The van der Waals surface area contributed by atoms with Crippen LogP contribution in [0.25, 0.3) is 0 Å². The van der Waals surface area contributed by atoms with Crippen molar-refractivity contribution in [3.63, 3.8) is 0 Å². The second kappa shape index (κ2) is 8.96. The van der Waals surface area contributed by atoms with Gasteiger partial charge in [-0.1, -0.05) is 6.07 Å². The summed E-state index contributed by atoms with van der Waals surface area (Å²) >= 11 is 0. The van der Waals surface area contributed by atoms with Crippen molar-refractivity contribution in [1.29, 1.82) is 0 Å². The van der Waals surface area contributed by atoms with Gasteiger partial charge in [-0.2, -0.15) is 13.2 Å². The Bertz CT molecular complexity index is 937. The van der Waals surface area contributed by atoms with E-state index in [4.69, 9.17) is 4.74 Å². The van der Waals surface area contributed by atoms with E-state index < -0.39 is 18.8 Å². The fourth-order valence-corrected chi connectivity index (χ4v) is 3.31. The van der Waals surface area contributed by atoms with Gasteiger partial charge in [0.15, 0.2) is 6.61 Å². The number of methoxy groups -OCH3 is 1. The first kappa shape index (κ1) is 22.6. The van der Waals surface area contributed by atoms with E-state index in [-0.39, 0.29) is 17.9 Å². The monoisotopic (exact) mass is 439 g/mol. The van der Waals surface area contributed by atoms with E-state index in [1.165, 1.54) is 12.3 Å². The van der Waals surface area contributed by atoms with Gasteiger partial charge in [-0.05, 0) is 19.4 Å². The summed E-state index contributed by atoms with van der Waals surface area (Å²) in [6.45, 7) is 2.59. The molecule has 168 valence electrons. The highest BCUT2D eigenvalue weighted by atomic mass is 19.4. The Morgan fingerprint density at radius 2 is 2.10 bits per heavy atom. The average molecular weight is 439 g/mol. The molecule has 2 aromatic heterocycles. The lowest BCUT2D eigenvalue weighted by Crippen LogP contribution is -2.52. The first-order chi connectivity index (χ1) is 14.6. The SMILES string of the molecule is CO[C@H](C)C1C(=O)Nc2c(cc(NCc3ccc(OCC(F)(F)F)nc3)nc2C)N1C. The molecule has 2 aromatic rings. The molecule has 3 heterocycles. The molecule has 1 amide bonds. The van der Waals surface area contributed by atoms with Gasteiger partial charge < -0.3 is 25.0 Å². The Morgan fingerprint density at radius 1 is 1.35 bits per heavy atom. The molecule has 0 bridgehead atoms. The Kier molecular flexibility index (Phi) is 6.54. The van der Waals surface area contributed by atoms with Crippen LogP contribution >= 0.6 is 0 Å². The van der Waals surface area contributed by atoms with E-state index in [9.17, 15) is 18.0 Å². The topological polar surface area (TPSA) is 88.6 Å². The number of halogens is 3. The minimum absolute atomic E-state index is 0.0977. The molecule has 3 rings (SSSR count). The molecule has 0 aliphatic carbocycles. The molecule has 0 aromatic carbocycles. The molecule has 0 radical (unpaired) electrons. The van der Waals surface area contributed by atoms with E-state index in [1.807, 2.05) is 24.9 Å². The zero-order chi connectivity index (χ0) is 22.8. The molecular formula is C20H24F3N5O3. The number of nitrogens with one attached hydrogen (secondary N) is 2. The molecule has 2 atom stereocenters. The fraction of sp³-hybridized carbons (Fsp3) is 0.450. The number of aryl methyl sites for hydroxylation is 1. The molecule has 31 heavy (non-hydrogen) atoms. The van der Waals surface area contributed by atoms with Crippen LogP contribution in [0, 0.1) is 6.92 Å². The third kappa shape index (κ3) is 5.35. The highest BCUT2D eigenvalue weighted by Crippen LogP contribution is 2.36. The lowest BCUT2D eigenvalue weighted by molar-refractivity contribution is -0.154. The van der Waals surface area contributed by atoms with Crippen molar-refractivity contribution in [2.45, 2.75) is 38.7 Å². The van der Waals surface area contributed by atoms with Crippen molar-refractivity contribution < 1.29 is 27.4 Å². The van der Waals surface area contributed by atoms with Gasteiger partial charge in [0.2, 0.25) is 11.8 Å². The number of hydrogen-bond acceptors (Lipinski definition) is 7. The van der Waals surface area contributed by atoms with Gasteiger partial charge in [-0.25, -0.2) is 9.97 Å². The summed E-state index contributed by atoms with van der Waals surface area (Å²) in [6, 6.07) is 4.35. The second-order valence-corrected chi connectivity index (χ2v) is 7.23. The standard InChI is InChI=1S/C20H24F3N5O3/c1-11-17-14(28(3)18(12(2)30-4)19(29)27-17)7-15(26-11)24-8-13-5-6-16(25-9-13)31-10-20(21,22)23/h5-7,9,12,18H,8,10H2,1-4H3,(H,24,26)(H,27,29)/t12-,18?/m1/s1. The van der Waals surface area contributed by atoms with Crippen LogP contribution in [-0.2, 0) is 16.1 Å². The maximum atomic E-state index is 12.5. The van der Waals surface area contributed by atoms with Crippen LogP contribution < -0.4 is 20.3 Å². The van der Waals surface area contributed by atoms with Gasteiger partial charge in [-0.3, -0.25) is 4.79 Å². The minimum atomic E-state index is -4.41. The summed E-state index contributed by atoms with van der Waals surface area (Å²) in [6.07, 6.45) is -3.29. The number of ether oxygens (including phenoxy) is 2. The van der Waals surface area contributed by atoms with Crippen LogP contribution in [0.1, 0.15) is 18.2 Å². The largest absolute Gasteiger partial charge is 0.468 e. The smallest absolute Gasteiger partial charge is 0.422 e. The van der Waals surface area contributed by atoms with E-state index in [0.717, 1.165) is 11.3 Å². The van der Waals surface area contributed by atoms with Gasteiger partial charge in [0.05, 0.1) is 23.2 Å². The summed E-state index contributed by atoms with van der Waals surface area (Å²) in [4.78, 5) is 22.7. The second-order valence-electron chi connectivity index (χ2n) is 7.23. The zero-order valence-corrected chi connectivity index (χ0v) is 17.6. The molecule has 1 aliphatic rings. The highest BCUT2D eigenvalue weighted by molar-refractivity contribution is 6.04. The summed E-state index contributed by atoms with van der Waals surface area (Å²) in [5.41, 5.74) is 2.84.